The van der Waals surface area contributed by atoms with Crippen LogP contribution in [0.25, 0.3) is 0 Å². The molecule has 2 aromatic carbocycles. The van der Waals surface area contributed by atoms with Crippen LogP contribution in [-0.2, 0) is 11.3 Å². The second kappa shape index (κ2) is 11.8. The zero-order valence-electron chi connectivity index (χ0n) is 21.9. The maximum absolute atomic E-state index is 14.6. The molecule has 2 heterocycles. The molecule has 0 radical (unpaired) electrons. The predicted octanol–water partition coefficient (Wildman–Crippen LogP) is 4.76. The number of pyridine rings is 1. The number of urea groups is 1. The van der Waals surface area contributed by atoms with Gasteiger partial charge in [0.25, 0.3) is 5.91 Å². The van der Waals surface area contributed by atoms with Gasteiger partial charge in [-0.05, 0) is 56.9 Å². The van der Waals surface area contributed by atoms with E-state index in [1.54, 1.807) is 12.1 Å². The third-order valence-corrected chi connectivity index (χ3v) is 6.87. The number of aryl methyl sites for hydroxylation is 1. The SMILES string of the molecule is CSc1c(F)cc(N2C(=O)N(Cc3ccnc(C(=O)O)c3)C(C)(C)C2=O)c(F)c1F.Cc1ccc(C(N)=O)cc1. The normalized spacial score (nSPS) is 14.2. The van der Waals surface area contributed by atoms with Gasteiger partial charge >= 0.3 is 12.0 Å². The van der Waals surface area contributed by atoms with Crippen molar-refractivity contribution in [3.05, 3.63) is 88.5 Å². The number of nitrogens with zero attached hydrogens (tertiary/aromatic N) is 3. The molecule has 0 bridgehead atoms. The Morgan fingerprint density at radius 1 is 1.05 bits per heavy atom. The number of thioether (sulfide) groups is 1. The quantitative estimate of drug-likeness (QED) is 0.246. The van der Waals surface area contributed by atoms with E-state index in [-0.39, 0.29) is 18.1 Å². The Bertz CT molecular complexity index is 1500. The Morgan fingerprint density at radius 3 is 2.23 bits per heavy atom. The first kappa shape index (κ1) is 30.2. The van der Waals surface area contributed by atoms with Gasteiger partial charge in [-0.15, -0.1) is 11.8 Å². The topological polar surface area (TPSA) is 134 Å². The number of nitrogens with two attached hydrogens (primary N) is 1. The van der Waals surface area contributed by atoms with Crippen LogP contribution in [0.2, 0.25) is 0 Å². The summed E-state index contributed by atoms with van der Waals surface area (Å²) in [6.07, 6.45) is 2.59. The predicted molar refractivity (Wildman–Crippen MR) is 141 cm³/mol. The molecule has 1 saturated heterocycles. The van der Waals surface area contributed by atoms with Crippen molar-refractivity contribution in [1.29, 1.82) is 0 Å². The van der Waals surface area contributed by atoms with E-state index in [9.17, 15) is 32.3 Å². The smallest absolute Gasteiger partial charge is 0.354 e. The first-order valence-corrected chi connectivity index (χ1v) is 12.9. The number of imide groups is 1. The number of carbonyl (C=O) groups is 4. The summed E-state index contributed by atoms with van der Waals surface area (Å²) in [5.74, 6) is -6.64. The third kappa shape index (κ3) is 5.93. The Labute approximate surface area is 231 Å². The standard InChI is InChI=1S/C19H16F3N3O4S.C8H9NO/c1-19(2)17(28)25(12-7-10(20)15(30-3)14(22)13(12)21)18(29)24(19)8-9-4-5-23-11(6-9)16(26)27;1-6-2-4-7(5-3-6)8(9)10/h4-7H,8H2,1-3H3,(H,26,27);2-5H,1H3,(H2,9,10). The molecule has 1 aliphatic heterocycles. The molecule has 0 aliphatic carbocycles. The number of hydrogen-bond donors (Lipinski definition) is 2. The summed E-state index contributed by atoms with van der Waals surface area (Å²) in [6.45, 7) is 4.55. The molecule has 3 N–H and O–H groups in total. The largest absolute Gasteiger partial charge is 0.477 e. The van der Waals surface area contributed by atoms with Gasteiger partial charge in [-0.3, -0.25) is 9.59 Å². The van der Waals surface area contributed by atoms with Gasteiger partial charge in [0.05, 0.1) is 10.6 Å². The van der Waals surface area contributed by atoms with Crippen LogP contribution in [0.1, 0.15) is 45.8 Å². The van der Waals surface area contributed by atoms with Gasteiger partial charge in [0.1, 0.15) is 17.1 Å². The number of aromatic nitrogens is 1. The average molecular weight is 575 g/mol. The number of carboxylic acid groups (broad SMARTS) is 1. The fourth-order valence-electron chi connectivity index (χ4n) is 3.82. The lowest BCUT2D eigenvalue weighted by Gasteiger charge is -2.27. The summed E-state index contributed by atoms with van der Waals surface area (Å²) in [7, 11) is 0. The van der Waals surface area contributed by atoms with Gasteiger partial charge in [0, 0.05) is 24.4 Å². The second-order valence-electron chi connectivity index (χ2n) is 9.19. The van der Waals surface area contributed by atoms with Crippen LogP contribution in [0, 0.1) is 24.4 Å². The molecule has 0 saturated carbocycles. The number of amides is 4. The molecule has 0 unspecified atom stereocenters. The number of benzene rings is 2. The van der Waals surface area contributed by atoms with Crippen molar-refractivity contribution in [2.45, 2.75) is 37.8 Å². The number of carbonyl (C=O) groups excluding carboxylic acids is 3. The molecule has 210 valence electrons. The second-order valence-corrected chi connectivity index (χ2v) is 10.0. The van der Waals surface area contributed by atoms with Crippen molar-refractivity contribution in [2.75, 3.05) is 11.2 Å². The highest BCUT2D eigenvalue weighted by atomic mass is 32.2. The van der Waals surface area contributed by atoms with Crippen molar-refractivity contribution in [3.63, 3.8) is 0 Å². The molecule has 0 spiro atoms. The summed E-state index contributed by atoms with van der Waals surface area (Å²) in [4.78, 5) is 52.1. The van der Waals surface area contributed by atoms with Gasteiger partial charge in [-0.1, -0.05) is 17.7 Å². The highest BCUT2D eigenvalue weighted by molar-refractivity contribution is 7.98. The molecule has 1 aromatic heterocycles. The zero-order chi connectivity index (χ0) is 29.9. The lowest BCUT2D eigenvalue weighted by molar-refractivity contribution is -0.123. The van der Waals surface area contributed by atoms with Crippen molar-refractivity contribution in [3.8, 4) is 0 Å². The van der Waals surface area contributed by atoms with E-state index in [1.807, 2.05) is 19.1 Å². The summed E-state index contributed by atoms with van der Waals surface area (Å²) in [5, 5.41) is 9.06. The number of aromatic carboxylic acids is 1. The Balaban J connectivity index is 0.000000371. The molecule has 13 heteroatoms. The van der Waals surface area contributed by atoms with E-state index < -0.39 is 51.5 Å². The minimum Gasteiger partial charge on any atom is -0.477 e. The summed E-state index contributed by atoms with van der Waals surface area (Å²) in [6, 6.07) is 9.46. The number of rotatable bonds is 6. The maximum atomic E-state index is 14.6. The van der Waals surface area contributed by atoms with Crippen LogP contribution in [0.4, 0.5) is 23.7 Å². The van der Waals surface area contributed by atoms with Gasteiger partial charge in [0.2, 0.25) is 5.91 Å². The molecule has 4 amide bonds. The van der Waals surface area contributed by atoms with E-state index in [0.717, 1.165) is 10.5 Å². The molecular weight excluding hydrogens is 549 g/mol. The lowest BCUT2D eigenvalue weighted by Crippen LogP contribution is -2.43. The van der Waals surface area contributed by atoms with Gasteiger partial charge in [-0.25, -0.2) is 32.6 Å². The van der Waals surface area contributed by atoms with E-state index >= 15 is 0 Å². The first-order valence-electron chi connectivity index (χ1n) is 11.6. The molecule has 3 aromatic rings. The molecule has 40 heavy (non-hydrogen) atoms. The number of hydrogen-bond acceptors (Lipinski definition) is 6. The lowest BCUT2D eigenvalue weighted by atomic mass is 10.0. The van der Waals surface area contributed by atoms with Gasteiger partial charge in [0.15, 0.2) is 11.6 Å². The third-order valence-electron chi connectivity index (χ3n) is 6.09. The van der Waals surface area contributed by atoms with Gasteiger partial charge in [-0.2, -0.15) is 0 Å². The van der Waals surface area contributed by atoms with Crippen molar-refractivity contribution in [2.24, 2.45) is 5.73 Å². The van der Waals surface area contributed by atoms with Crippen molar-refractivity contribution in [1.82, 2.24) is 9.88 Å². The number of carboxylic acids is 1. The van der Waals surface area contributed by atoms with Crippen molar-refractivity contribution >= 4 is 41.3 Å². The van der Waals surface area contributed by atoms with Crippen molar-refractivity contribution < 1.29 is 37.5 Å². The number of primary amides is 1. The Kier molecular flexibility index (Phi) is 8.88. The van der Waals surface area contributed by atoms with Crippen LogP contribution < -0.4 is 10.6 Å². The fraction of sp³-hybridized carbons (Fsp3) is 0.222. The van der Waals surface area contributed by atoms with Crippen LogP contribution in [0.5, 0.6) is 0 Å². The minimum absolute atomic E-state index is 0.202. The summed E-state index contributed by atoms with van der Waals surface area (Å²) >= 11 is 0.652. The van der Waals surface area contributed by atoms with Crippen LogP contribution in [0.15, 0.2) is 53.6 Å². The van der Waals surface area contributed by atoms with Gasteiger partial charge < -0.3 is 15.7 Å². The van der Waals surface area contributed by atoms with E-state index in [2.05, 4.69) is 4.98 Å². The summed E-state index contributed by atoms with van der Waals surface area (Å²) < 4.78 is 43.0. The molecule has 1 fully saturated rings. The van der Waals surface area contributed by atoms with E-state index in [0.29, 0.717) is 33.9 Å². The van der Waals surface area contributed by atoms with Crippen LogP contribution in [0.3, 0.4) is 0 Å². The fourth-order valence-corrected chi connectivity index (χ4v) is 4.34. The molecular formula is C27H25F3N4O5S. The van der Waals surface area contributed by atoms with E-state index in [1.165, 1.54) is 38.4 Å². The zero-order valence-corrected chi connectivity index (χ0v) is 22.7. The minimum atomic E-state index is -1.52. The Morgan fingerprint density at radius 2 is 1.68 bits per heavy atom. The van der Waals surface area contributed by atoms with Crippen LogP contribution in [-0.4, -0.2) is 50.6 Å². The maximum Gasteiger partial charge on any atom is 0.354 e. The highest BCUT2D eigenvalue weighted by Crippen LogP contribution is 2.38. The number of halogens is 3. The Hall–Kier alpha value is -4.39. The summed E-state index contributed by atoms with van der Waals surface area (Å²) in [5.41, 5.74) is 4.50. The first-order chi connectivity index (χ1) is 18.7. The highest BCUT2D eigenvalue weighted by Gasteiger charge is 2.52. The molecule has 9 nitrogen and oxygen atoms in total. The van der Waals surface area contributed by atoms with E-state index in [4.69, 9.17) is 10.8 Å². The monoisotopic (exact) mass is 574 g/mol. The number of anilines is 1. The molecule has 4 rings (SSSR count). The molecule has 1 aliphatic rings. The average Bonchev–Trinajstić information content (AvgIpc) is 3.06. The molecule has 0 atom stereocenters. The van der Waals surface area contributed by atoms with Crippen LogP contribution >= 0.6 is 11.8 Å².